The topological polar surface area (TPSA) is 50.8 Å². The van der Waals surface area contributed by atoms with Crippen molar-refractivity contribution in [1.82, 2.24) is 4.90 Å². The molecule has 5 heteroatoms. The predicted octanol–water partition coefficient (Wildman–Crippen LogP) is 6.04. The Bertz CT molecular complexity index is 1280. The van der Waals surface area contributed by atoms with Crippen molar-refractivity contribution in [3.05, 3.63) is 125 Å². The molecule has 34 heavy (non-hydrogen) atoms. The fourth-order valence-corrected chi connectivity index (χ4v) is 4.26. The van der Waals surface area contributed by atoms with E-state index in [4.69, 9.17) is 9.47 Å². The summed E-state index contributed by atoms with van der Waals surface area (Å²) in [5.41, 5.74) is 4.46. The van der Waals surface area contributed by atoms with Gasteiger partial charge in [0, 0.05) is 17.8 Å². The number of hydrogen-bond acceptors (Lipinski definition) is 4. The predicted molar refractivity (Wildman–Crippen MR) is 133 cm³/mol. The largest absolute Gasteiger partial charge is 0.496 e. The van der Waals surface area contributed by atoms with Gasteiger partial charge in [-0.2, -0.15) is 0 Å². The van der Waals surface area contributed by atoms with Crippen molar-refractivity contribution in [2.45, 2.75) is 19.3 Å². The average molecular weight is 451 g/mol. The van der Waals surface area contributed by atoms with Gasteiger partial charge in [-0.1, -0.05) is 66.7 Å². The number of hydrogen-bond donors (Lipinski definition) is 1. The summed E-state index contributed by atoms with van der Waals surface area (Å²) in [7, 11) is 1.65. The van der Waals surface area contributed by atoms with Crippen LogP contribution in [0.1, 0.15) is 33.2 Å². The van der Waals surface area contributed by atoms with E-state index in [2.05, 4.69) is 11.4 Å². The van der Waals surface area contributed by atoms with E-state index in [1.807, 2.05) is 102 Å². The lowest BCUT2D eigenvalue weighted by Crippen LogP contribution is -2.42. The zero-order valence-corrected chi connectivity index (χ0v) is 19.0. The number of methoxy groups -OCH3 is 1. The minimum absolute atomic E-state index is 0.00102. The molecule has 0 aromatic heterocycles. The lowest BCUT2D eigenvalue weighted by atomic mass is 10.0. The third-order valence-electron chi connectivity index (χ3n) is 5.98. The fourth-order valence-electron chi connectivity index (χ4n) is 4.26. The Hall–Kier alpha value is -4.25. The highest BCUT2D eigenvalue weighted by Gasteiger charge is 2.33. The van der Waals surface area contributed by atoms with E-state index < -0.39 is 0 Å². The zero-order chi connectivity index (χ0) is 23.3. The molecule has 170 valence electrons. The summed E-state index contributed by atoms with van der Waals surface area (Å²) >= 11 is 0. The Kier molecular flexibility index (Phi) is 6.17. The SMILES string of the molecule is COc1ccc(C2Nc3ccccc3C(=O)N2Cc2ccccc2)cc1COc1ccccc1. The van der Waals surface area contributed by atoms with Crippen molar-refractivity contribution < 1.29 is 14.3 Å². The van der Waals surface area contributed by atoms with E-state index in [0.717, 1.165) is 33.9 Å². The van der Waals surface area contributed by atoms with E-state index in [0.29, 0.717) is 18.7 Å². The summed E-state index contributed by atoms with van der Waals surface area (Å²) in [4.78, 5) is 15.4. The first-order chi connectivity index (χ1) is 16.7. The van der Waals surface area contributed by atoms with Gasteiger partial charge in [0.2, 0.25) is 0 Å². The summed E-state index contributed by atoms with van der Waals surface area (Å²) in [6.07, 6.45) is -0.330. The van der Waals surface area contributed by atoms with Gasteiger partial charge < -0.3 is 19.7 Å². The number of benzene rings is 4. The molecule has 1 N–H and O–H groups in total. The number of nitrogens with one attached hydrogen (secondary N) is 1. The minimum Gasteiger partial charge on any atom is -0.496 e. The smallest absolute Gasteiger partial charge is 0.258 e. The van der Waals surface area contributed by atoms with Crippen LogP contribution >= 0.6 is 0 Å². The van der Waals surface area contributed by atoms with Gasteiger partial charge in [0.05, 0.1) is 12.7 Å². The number of carbonyl (C=O) groups is 1. The molecule has 0 radical (unpaired) electrons. The van der Waals surface area contributed by atoms with Crippen LogP contribution in [-0.2, 0) is 13.2 Å². The van der Waals surface area contributed by atoms with Gasteiger partial charge in [0.1, 0.15) is 24.3 Å². The van der Waals surface area contributed by atoms with Crippen LogP contribution in [0.3, 0.4) is 0 Å². The Morgan fingerprint density at radius 2 is 1.56 bits per heavy atom. The van der Waals surface area contributed by atoms with Gasteiger partial charge in [-0.15, -0.1) is 0 Å². The molecule has 4 aromatic carbocycles. The molecule has 1 aliphatic rings. The molecule has 0 saturated heterocycles. The lowest BCUT2D eigenvalue weighted by molar-refractivity contribution is 0.0666. The minimum atomic E-state index is -0.330. The quantitative estimate of drug-likeness (QED) is 0.373. The van der Waals surface area contributed by atoms with Crippen LogP contribution in [0, 0.1) is 0 Å². The Morgan fingerprint density at radius 1 is 0.853 bits per heavy atom. The summed E-state index contributed by atoms with van der Waals surface area (Å²) in [5.74, 6) is 1.54. The number of anilines is 1. The van der Waals surface area contributed by atoms with Gasteiger partial charge >= 0.3 is 0 Å². The van der Waals surface area contributed by atoms with Crippen molar-refractivity contribution in [3.8, 4) is 11.5 Å². The number of fused-ring (bicyclic) bond motifs is 1. The van der Waals surface area contributed by atoms with Crippen LogP contribution in [0.2, 0.25) is 0 Å². The van der Waals surface area contributed by atoms with E-state index in [-0.39, 0.29) is 12.1 Å². The van der Waals surface area contributed by atoms with Crippen molar-refractivity contribution in [3.63, 3.8) is 0 Å². The normalized spacial score (nSPS) is 14.8. The van der Waals surface area contributed by atoms with Gasteiger partial charge in [0.25, 0.3) is 5.91 Å². The molecular weight excluding hydrogens is 424 g/mol. The number of ether oxygens (including phenoxy) is 2. The van der Waals surface area contributed by atoms with Gasteiger partial charge in [-0.05, 0) is 47.5 Å². The van der Waals surface area contributed by atoms with Crippen LogP contribution < -0.4 is 14.8 Å². The highest BCUT2D eigenvalue weighted by molar-refractivity contribution is 6.01. The summed E-state index contributed by atoms with van der Waals surface area (Å²) in [6.45, 7) is 0.852. The molecule has 0 bridgehead atoms. The maximum Gasteiger partial charge on any atom is 0.258 e. The summed E-state index contributed by atoms with van der Waals surface area (Å²) in [6, 6.07) is 33.4. The molecule has 1 aliphatic heterocycles. The van der Waals surface area contributed by atoms with Crippen LogP contribution in [0.4, 0.5) is 5.69 Å². The highest BCUT2D eigenvalue weighted by atomic mass is 16.5. The van der Waals surface area contributed by atoms with Crippen LogP contribution in [-0.4, -0.2) is 17.9 Å². The molecule has 0 spiro atoms. The number of carbonyl (C=O) groups excluding carboxylic acids is 1. The van der Waals surface area contributed by atoms with Crippen LogP contribution in [0.5, 0.6) is 11.5 Å². The second-order valence-electron chi connectivity index (χ2n) is 8.18. The number of nitrogens with zero attached hydrogens (tertiary/aromatic N) is 1. The van der Waals surface area contributed by atoms with Crippen LogP contribution in [0.15, 0.2) is 103 Å². The Balaban J connectivity index is 1.49. The van der Waals surface area contributed by atoms with Crippen molar-refractivity contribution in [2.24, 2.45) is 0 Å². The Labute approximate surface area is 199 Å². The maximum atomic E-state index is 13.6. The highest BCUT2D eigenvalue weighted by Crippen LogP contribution is 2.36. The Morgan fingerprint density at radius 3 is 2.32 bits per heavy atom. The molecule has 4 aromatic rings. The van der Waals surface area contributed by atoms with E-state index in [1.165, 1.54) is 0 Å². The first-order valence-corrected chi connectivity index (χ1v) is 11.3. The molecule has 0 saturated carbocycles. The fraction of sp³-hybridized carbons (Fsp3) is 0.138. The van der Waals surface area contributed by atoms with Crippen molar-refractivity contribution in [2.75, 3.05) is 12.4 Å². The van der Waals surface area contributed by atoms with E-state index in [1.54, 1.807) is 7.11 Å². The molecule has 1 amide bonds. The molecular formula is C29H26N2O3. The molecule has 1 atom stereocenters. The third kappa shape index (κ3) is 4.46. The lowest BCUT2D eigenvalue weighted by Gasteiger charge is -2.38. The number of amides is 1. The van der Waals surface area contributed by atoms with Crippen molar-refractivity contribution >= 4 is 11.6 Å². The molecule has 1 unspecified atom stereocenters. The maximum absolute atomic E-state index is 13.6. The third-order valence-corrected chi connectivity index (χ3v) is 5.98. The summed E-state index contributed by atoms with van der Waals surface area (Å²) in [5, 5.41) is 3.58. The van der Waals surface area contributed by atoms with E-state index in [9.17, 15) is 4.79 Å². The van der Waals surface area contributed by atoms with Gasteiger partial charge in [-0.25, -0.2) is 0 Å². The van der Waals surface area contributed by atoms with E-state index >= 15 is 0 Å². The first kappa shape index (κ1) is 21.6. The molecule has 0 fully saturated rings. The molecule has 5 rings (SSSR count). The average Bonchev–Trinajstić information content (AvgIpc) is 2.90. The van der Waals surface area contributed by atoms with Crippen LogP contribution in [0.25, 0.3) is 0 Å². The second kappa shape index (κ2) is 9.71. The molecule has 1 heterocycles. The number of rotatable bonds is 7. The summed E-state index contributed by atoms with van der Waals surface area (Å²) < 4.78 is 11.6. The van der Waals surface area contributed by atoms with Crippen molar-refractivity contribution in [1.29, 1.82) is 0 Å². The standard InChI is InChI=1S/C29H26N2O3/c1-33-27-17-16-22(18-23(27)20-34-24-12-6-3-7-13-24)28-30-26-15-9-8-14-25(26)29(32)31(28)19-21-10-4-2-5-11-21/h2-18,28,30H,19-20H2,1H3. The monoisotopic (exact) mass is 450 g/mol. The molecule has 0 aliphatic carbocycles. The number of para-hydroxylation sites is 2. The van der Waals surface area contributed by atoms with Gasteiger partial charge in [0.15, 0.2) is 0 Å². The first-order valence-electron chi connectivity index (χ1n) is 11.3. The van der Waals surface area contributed by atoms with Gasteiger partial charge in [-0.3, -0.25) is 4.79 Å². The molecule has 5 nitrogen and oxygen atoms in total. The second-order valence-corrected chi connectivity index (χ2v) is 8.18. The zero-order valence-electron chi connectivity index (χ0n) is 19.0.